The summed E-state index contributed by atoms with van der Waals surface area (Å²) in [6, 6.07) is 5.14. The molecule has 76 valence electrons. The molecule has 1 heterocycles. The summed E-state index contributed by atoms with van der Waals surface area (Å²) in [6.45, 7) is 2.57. The minimum absolute atomic E-state index is 0.195. The summed E-state index contributed by atoms with van der Waals surface area (Å²) in [5.41, 5.74) is 0. The zero-order valence-electron chi connectivity index (χ0n) is 7.90. The minimum atomic E-state index is -0.195. The molecule has 2 rings (SSSR count). The molecule has 0 saturated heterocycles. The average molecular weight is 212 g/mol. The lowest BCUT2D eigenvalue weighted by molar-refractivity contribution is -0.0615. The predicted octanol–water partition coefficient (Wildman–Crippen LogP) is 2.24. The van der Waals surface area contributed by atoms with Crippen LogP contribution < -0.4 is 4.74 Å². The van der Waals surface area contributed by atoms with Gasteiger partial charge in [-0.25, -0.2) is 0 Å². The molecule has 1 aliphatic heterocycles. The SMILES string of the molecule is CCOC1CSc2ccc(O)cc2O1. The van der Waals surface area contributed by atoms with Gasteiger partial charge < -0.3 is 14.6 Å². The molecule has 0 saturated carbocycles. The highest BCUT2D eigenvalue weighted by Crippen LogP contribution is 2.37. The third kappa shape index (κ3) is 1.96. The minimum Gasteiger partial charge on any atom is -0.508 e. The van der Waals surface area contributed by atoms with Crippen LogP contribution in [0.5, 0.6) is 11.5 Å². The highest BCUT2D eigenvalue weighted by Gasteiger charge is 2.20. The maximum absolute atomic E-state index is 9.27. The quantitative estimate of drug-likeness (QED) is 0.816. The number of rotatable bonds is 2. The fourth-order valence-electron chi connectivity index (χ4n) is 1.31. The lowest BCUT2D eigenvalue weighted by Crippen LogP contribution is -2.26. The van der Waals surface area contributed by atoms with Crippen molar-refractivity contribution in [1.29, 1.82) is 0 Å². The highest BCUT2D eigenvalue weighted by molar-refractivity contribution is 7.99. The van der Waals surface area contributed by atoms with Gasteiger partial charge >= 0.3 is 0 Å². The van der Waals surface area contributed by atoms with Gasteiger partial charge in [-0.2, -0.15) is 0 Å². The largest absolute Gasteiger partial charge is 0.508 e. The van der Waals surface area contributed by atoms with Gasteiger partial charge in [0.1, 0.15) is 11.5 Å². The molecule has 1 unspecified atom stereocenters. The van der Waals surface area contributed by atoms with Crippen molar-refractivity contribution in [2.45, 2.75) is 18.1 Å². The van der Waals surface area contributed by atoms with Crippen LogP contribution in [0.15, 0.2) is 23.1 Å². The molecule has 0 radical (unpaired) electrons. The zero-order chi connectivity index (χ0) is 9.97. The van der Waals surface area contributed by atoms with Crippen molar-refractivity contribution in [2.75, 3.05) is 12.4 Å². The molecule has 1 aromatic carbocycles. The molecule has 1 N–H and O–H groups in total. The molecular formula is C10H12O3S. The van der Waals surface area contributed by atoms with Crippen LogP contribution in [-0.4, -0.2) is 23.8 Å². The zero-order valence-corrected chi connectivity index (χ0v) is 8.71. The Bertz CT molecular complexity index is 327. The van der Waals surface area contributed by atoms with Gasteiger partial charge in [0.05, 0.1) is 5.75 Å². The van der Waals surface area contributed by atoms with Gasteiger partial charge in [-0.15, -0.1) is 11.8 Å². The fraction of sp³-hybridized carbons (Fsp3) is 0.400. The summed E-state index contributed by atoms with van der Waals surface area (Å²) in [5.74, 6) is 1.73. The summed E-state index contributed by atoms with van der Waals surface area (Å²) in [4.78, 5) is 1.05. The van der Waals surface area contributed by atoms with Gasteiger partial charge in [-0.1, -0.05) is 0 Å². The topological polar surface area (TPSA) is 38.7 Å². The molecule has 0 aromatic heterocycles. The molecule has 0 spiro atoms. The Morgan fingerprint density at radius 2 is 2.50 bits per heavy atom. The van der Waals surface area contributed by atoms with E-state index in [1.807, 2.05) is 13.0 Å². The number of phenolic OH excluding ortho intramolecular Hbond substituents is 1. The Morgan fingerprint density at radius 1 is 1.64 bits per heavy atom. The molecule has 0 bridgehead atoms. The number of hydrogen-bond acceptors (Lipinski definition) is 4. The van der Waals surface area contributed by atoms with E-state index in [-0.39, 0.29) is 12.0 Å². The Balaban J connectivity index is 2.16. The normalized spacial score (nSPS) is 19.9. The number of phenols is 1. The van der Waals surface area contributed by atoms with Crippen molar-refractivity contribution < 1.29 is 14.6 Å². The Labute approximate surface area is 87.0 Å². The average Bonchev–Trinajstić information content (AvgIpc) is 2.17. The van der Waals surface area contributed by atoms with Gasteiger partial charge in [0, 0.05) is 17.6 Å². The summed E-state index contributed by atoms with van der Waals surface area (Å²) in [6.07, 6.45) is -0.195. The van der Waals surface area contributed by atoms with Crippen molar-refractivity contribution in [3.63, 3.8) is 0 Å². The van der Waals surface area contributed by atoms with E-state index in [9.17, 15) is 5.11 Å². The Kier molecular flexibility index (Phi) is 2.84. The van der Waals surface area contributed by atoms with Crippen LogP contribution in [0.4, 0.5) is 0 Å². The van der Waals surface area contributed by atoms with Gasteiger partial charge in [-0.3, -0.25) is 0 Å². The smallest absolute Gasteiger partial charge is 0.209 e. The van der Waals surface area contributed by atoms with Crippen LogP contribution in [0, 0.1) is 0 Å². The van der Waals surface area contributed by atoms with E-state index in [0.717, 1.165) is 10.6 Å². The first-order chi connectivity index (χ1) is 6.79. The summed E-state index contributed by atoms with van der Waals surface area (Å²) >= 11 is 1.68. The second-order valence-electron chi connectivity index (χ2n) is 2.94. The maximum atomic E-state index is 9.27. The molecule has 14 heavy (non-hydrogen) atoms. The van der Waals surface area contributed by atoms with Gasteiger partial charge in [0.25, 0.3) is 0 Å². The van der Waals surface area contributed by atoms with Crippen LogP contribution in [0.3, 0.4) is 0 Å². The first kappa shape index (κ1) is 9.68. The van der Waals surface area contributed by atoms with E-state index in [4.69, 9.17) is 9.47 Å². The van der Waals surface area contributed by atoms with Crippen molar-refractivity contribution in [2.24, 2.45) is 0 Å². The molecule has 0 aliphatic carbocycles. The number of thioether (sulfide) groups is 1. The van der Waals surface area contributed by atoms with Crippen molar-refractivity contribution >= 4 is 11.8 Å². The number of ether oxygens (including phenoxy) is 2. The monoisotopic (exact) mass is 212 g/mol. The molecule has 1 atom stereocenters. The Hall–Kier alpha value is -0.870. The fourth-order valence-corrected chi connectivity index (χ4v) is 2.20. The second kappa shape index (κ2) is 4.11. The second-order valence-corrected chi connectivity index (χ2v) is 4.01. The molecule has 0 amide bonds. The predicted molar refractivity (Wildman–Crippen MR) is 54.9 cm³/mol. The highest BCUT2D eigenvalue weighted by atomic mass is 32.2. The van der Waals surface area contributed by atoms with E-state index in [2.05, 4.69) is 0 Å². The molecule has 0 fully saturated rings. The summed E-state index contributed by atoms with van der Waals surface area (Å²) in [7, 11) is 0. The summed E-state index contributed by atoms with van der Waals surface area (Å²) < 4.78 is 10.9. The van der Waals surface area contributed by atoms with E-state index >= 15 is 0 Å². The number of fused-ring (bicyclic) bond motifs is 1. The van der Waals surface area contributed by atoms with E-state index in [1.165, 1.54) is 0 Å². The molecule has 4 heteroatoms. The van der Waals surface area contributed by atoms with Crippen LogP contribution in [0.25, 0.3) is 0 Å². The van der Waals surface area contributed by atoms with Crippen LogP contribution in [-0.2, 0) is 4.74 Å². The number of hydrogen-bond donors (Lipinski definition) is 1. The van der Waals surface area contributed by atoms with Crippen LogP contribution in [0.2, 0.25) is 0 Å². The van der Waals surface area contributed by atoms with Crippen LogP contribution in [0.1, 0.15) is 6.92 Å². The first-order valence-electron chi connectivity index (χ1n) is 4.53. The first-order valence-corrected chi connectivity index (χ1v) is 5.52. The van der Waals surface area contributed by atoms with Crippen LogP contribution >= 0.6 is 11.8 Å². The molecular weight excluding hydrogens is 200 g/mol. The molecule has 1 aromatic rings. The summed E-state index contributed by atoms with van der Waals surface area (Å²) in [5, 5.41) is 9.27. The van der Waals surface area contributed by atoms with E-state index in [1.54, 1.807) is 23.9 Å². The lowest BCUT2D eigenvalue weighted by atomic mass is 10.3. The molecule has 3 nitrogen and oxygen atoms in total. The van der Waals surface area contributed by atoms with Gasteiger partial charge in [0.2, 0.25) is 6.29 Å². The van der Waals surface area contributed by atoms with Gasteiger partial charge in [0.15, 0.2) is 0 Å². The van der Waals surface area contributed by atoms with E-state index < -0.39 is 0 Å². The third-order valence-electron chi connectivity index (χ3n) is 1.91. The lowest BCUT2D eigenvalue weighted by Gasteiger charge is -2.25. The third-order valence-corrected chi connectivity index (χ3v) is 3.00. The van der Waals surface area contributed by atoms with Crippen molar-refractivity contribution in [3.8, 4) is 11.5 Å². The number of aromatic hydroxyl groups is 1. The van der Waals surface area contributed by atoms with Crippen molar-refractivity contribution in [3.05, 3.63) is 18.2 Å². The van der Waals surface area contributed by atoms with E-state index in [0.29, 0.717) is 12.4 Å². The number of benzene rings is 1. The Morgan fingerprint density at radius 3 is 3.29 bits per heavy atom. The van der Waals surface area contributed by atoms with Crippen molar-refractivity contribution in [1.82, 2.24) is 0 Å². The molecule has 1 aliphatic rings. The standard InChI is InChI=1S/C10H12O3S/c1-2-12-10-6-14-9-4-3-7(11)5-8(9)13-10/h3-5,10-11H,2,6H2,1H3. The van der Waals surface area contributed by atoms with Gasteiger partial charge in [-0.05, 0) is 19.1 Å². The maximum Gasteiger partial charge on any atom is 0.209 e.